The van der Waals surface area contributed by atoms with Crippen molar-refractivity contribution < 1.29 is 14.6 Å². The number of esters is 1. The Morgan fingerprint density at radius 2 is 1.95 bits per heavy atom. The van der Waals surface area contributed by atoms with Crippen molar-refractivity contribution in [2.24, 2.45) is 0 Å². The van der Waals surface area contributed by atoms with Crippen LogP contribution >= 0.6 is 0 Å². The van der Waals surface area contributed by atoms with E-state index in [0.29, 0.717) is 5.69 Å². The predicted molar refractivity (Wildman–Crippen MR) is 67.6 cm³/mol. The number of carbonyl (C=O) groups excluding carboxylic acids is 1. The molecule has 0 aliphatic rings. The minimum absolute atomic E-state index is 0.303. The summed E-state index contributed by atoms with van der Waals surface area (Å²) in [6, 6.07) is 7.95. The lowest BCUT2D eigenvalue weighted by Gasteiger charge is -2.07. The van der Waals surface area contributed by atoms with Crippen LogP contribution < -0.4 is 5.56 Å². The van der Waals surface area contributed by atoms with Gasteiger partial charge in [-0.1, -0.05) is 17.7 Å². The first kappa shape index (κ1) is 12.8. The van der Waals surface area contributed by atoms with Gasteiger partial charge in [-0.2, -0.15) is 9.78 Å². The molecule has 6 nitrogen and oxygen atoms in total. The van der Waals surface area contributed by atoms with E-state index in [9.17, 15) is 14.7 Å². The molecule has 0 aliphatic carbocycles. The summed E-state index contributed by atoms with van der Waals surface area (Å²) in [7, 11) is 1.17. The number of aromatic hydroxyl groups is 1. The number of benzene rings is 1. The van der Waals surface area contributed by atoms with E-state index in [1.165, 1.54) is 7.11 Å². The second-order valence-electron chi connectivity index (χ2n) is 3.96. The zero-order valence-corrected chi connectivity index (χ0v) is 10.5. The van der Waals surface area contributed by atoms with Gasteiger partial charge >= 0.3 is 5.97 Å². The molecule has 0 saturated carbocycles. The maximum absolute atomic E-state index is 11.8. The Kier molecular flexibility index (Phi) is 3.33. The normalized spacial score (nSPS) is 10.2. The van der Waals surface area contributed by atoms with Crippen molar-refractivity contribution in [3.05, 3.63) is 51.9 Å². The largest absolute Gasteiger partial charge is 0.505 e. The second kappa shape index (κ2) is 4.93. The standard InChI is InChI=1S/C13H12N2O4/c1-8-3-5-9(6-4-8)15-11(17)7-10(16)12(14-15)13(18)19-2/h3-7,16H,1-2H3. The first-order valence-electron chi connectivity index (χ1n) is 5.51. The Morgan fingerprint density at radius 3 is 2.53 bits per heavy atom. The molecule has 0 fully saturated rings. The highest BCUT2D eigenvalue weighted by Gasteiger charge is 2.16. The molecule has 2 rings (SSSR count). The maximum Gasteiger partial charge on any atom is 0.362 e. The molecule has 1 N–H and O–H groups in total. The zero-order valence-electron chi connectivity index (χ0n) is 10.5. The molecule has 0 atom stereocenters. The summed E-state index contributed by atoms with van der Waals surface area (Å²) in [5, 5.41) is 13.4. The van der Waals surface area contributed by atoms with Crippen molar-refractivity contribution in [2.45, 2.75) is 6.92 Å². The second-order valence-corrected chi connectivity index (χ2v) is 3.96. The average molecular weight is 260 g/mol. The van der Waals surface area contributed by atoms with Crippen LogP contribution in [-0.2, 0) is 4.74 Å². The van der Waals surface area contributed by atoms with E-state index in [0.717, 1.165) is 16.3 Å². The van der Waals surface area contributed by atoms with Gasteiger partial charge in [-0.3, -0.25) is 4.79 Å². The lowest BCUT2D eigenvalue weighted by molar-refractivity contribution is 0.0588. The van der Waals surface area contributed by atoms with Crippen LogP contribution in [0.4, 0.5) is 0 Å². The summed E-state index contributed by atoms with van der Waals surface area (Å²) in [6.45, 7) is 1.91. The third-order valence-corrected chi connectivity index (χ3v) is 2.57. The van der Waals surface area contributed by atoms with E-state index in [1.807, 2.05) is 19.1 Å². The predicted octanol–water partition coefficient (Wildman–Crippen LogP) is 1.03. The van der Waals surface area contributed by atoms with Gasteiger partial charge in [-0.05, 0) is 19.1 Å². The van der Waals surface area contributed by atoms with Crippen LogP contribution in [0.1, 0.15) is 16.1 Å². The van der Waals surface area contributed by atoms with Crippen molar-refractivity contribution in [1.29, 1.82) is 0 Å². The first-order chi connectivity index (χ1) is 9.02. The number of ether oxygens (including phenoxy) is 1. The van der Waals surface area contributed by atoms with Gasteiger partial charge in [-0.25, -0.2) is 4.79 Å². The number of rotatable bonds is 2. The highest BCUT2D eigenvalue weighted by atomic mass is 16.5. The topological polar surface area (TPSA) is 81.4 Å². The van der Waals surface area contributed by atoms with Gasteiger partial charge in [0.2, 0.25) is 5.69 Å². The van der Waals surface area contributed by atoms with Crippen LogP contribution in [0.15, 0.2) is 35.1 Å². The maximum atomic E-state index is 11.8. The molecule has 19 heavy (non-hydrogen) atoms. The highest BCUT2D eigenvalue weighted by molar-refractivity contribution is 5.89. The number of aryl methyl sites for hydroxylation is 1. The molecule has 1 aromatic heterocycles. The third-order valence-electron chi connectivity index (χ3n) is 2.57. The minimum atomic E-state index is -0.807. The summed E-state index contributed by atoms with van der Waals surface area (Å²) in [5.41, 5.74) is 0.696. The van der Waals surface area contributed by atoms with Gasteiger partial charge in [0.25, 0.3) is 5.56 Å². The fourth-order valence-electron chi connectivity index (χ4n) is 1.56. The van der Waals surface area contributed by atoms with Crippen molar-refractivity contribution in [3.63, 3.8) is 0 Å². The van der Waals surface area contributed by atoms with Gasteiger partial charge in [0, 0.05) is 6.07 Å². The van der Waals surface area contributed by atoms with Crippen LogP contribution in [0.25, 0.3) is 5.69 Å². The number of hydrogen-bond acceptors (Lipinski definition) is 5. The van der Waals surface area contributed by atoms with Crippen LogP contribution in [0.2, 0.25) is 0 Å². The van der Waals surface area contributed by atoms with Crippen LogP contribution in [0, 0.1) is 6.92 Å². The Morgan fingerprint density at radius 1 is 1.32 bits per heavy atom. The van der Waals surface area contributed by atoms with Gasteiger partial charge in [0.1, 0.15) is 0 Å². The summed E-state index contributed by atoms with van der Waals surface area (Å²) in [5.74, 6) is -1.31. The molecule has 0 spiro atoms. The molecule has 1 heterocycles. The Hall–Kier alpha value is -2.63. The van der Waals surface area contributed by atoms with E-state index >= 15 is 0 Å². The van der Waals surface area contributed by atoms with Gasteiger partial charge in [0.05, 0.1) is 12.8 Å². The molecular formula is C13H12N2O4. The Bertz CT molecular complexity index is 674. The number of nitrogens with zero attached hydrogens (tertiary/aromatic N) is 2. The molecular weight excluding hydrogens is 248 g/mol. The third kappa shape index (κ3) is 2.47. The average Bonchev–Trinajstić information content (AvgIpc) is 2.39. The highest BCUT2D eigenvalue weighted by Crippen LogP contribution is 2.13. The minimum Gasteiger partial charge on any atom is -0.505 e. The van der Waals surface area contributed by atoms with Gasteiger partial charge in [-0.15, -0.1) is 0 Å². The van der Waals surface area contributed by atoms with Gasteiger partial charge < -0.3 is 9.84 Å². The molecule has 0 bridgehead atoms. The molecule has 0 radical (unpaired) electrons. The molecule has 2 aromatic rings. The molecule has 0 saturated heterocycles. The van der Waals surface area contributed by atoms with E-state index in [4.69, 9.17) is 0 Å². The van der Waals surface area contributed by atoms with Crippen LogP contribution in [0.3, 0.4) is 0 Å². The Labute approximate surface area is 108 Å². The SMILES string of the molecule is COC(=O)c1nn(-c2ccc(C)cc2)c(=O)cc1O. The summed E-state index contributed by atoms with van der Waals surface area (Å²) >= 11 is 0. The number of carbonyl (C=O) groups is 1. The summed E-state index contributed by atoms with van der Waals surface area (Å²) < 4.78 is 5.52. The van der Waals surface area contributed by atoms with Crippen molar-refractivity contribution in [2.75, 3.05) is 7.11 Å². The van der Waals surface area contributed by atoms with E-state index in [-0.39, 0.29) is 5.69 Å². The lowest BCUT2D eigenvalue weighted by atomic mass is 10.2. The zero-order chi connectivity index (χ0) is 14.0. The molecule has 0 aliphatic heterocycles. The number of aromatic nitrogens is 2. The Balaban J connectivity index is 2.60. The summed E-state index contributed by atoms with van der Waals surface area (Å²) in [6.07, 6.45) is 0. The molecule has 0 amide bonds. The molecule has 0 unspecified atom stereocenters. The summed E-state index contributed by atoms with van der Waals surface area (Å²) in [4.78, 5) is 23.2. The van der Waals surface area contributed by atoms with Crippen molar-refractivity contribution in [1.82, 2.24) is 9.78 Å². The van der Waals surface area contributed by atoms with E-state index in [1.54, 1.807) is 12.1 Å². The van der Waals surface area contributed by atoms with E-state index in [2.05, 4.69) is 9.84 Å². The molecule has 98 valence electrons. The number of hydrogen-bond donors (Lipinski definition) is 1. The van der Waals surface area contributed by atoms with Gasteiger partial charge in [0.15, 0.2) is 5.75 Å². The first-order valence-corrected chi connectivity index (χ1v) is 5.51. The monoisotopic (exact) mass is 260 g/mol. The smallest absolute Gasteiger partial charge is 0.362 e. The fraction of sp³-hybridized carbons (Fsp3) is 0.154. The van der Waals surface area contributed by atoms with Crippen molar-refractivity contribution >= 4 is 5.97 Å². The van der Waals surface area contributed by atoms with E-state index < -0.39 is 17.3 Å². The number of methoxy groups -OCH3 is 1. The molecule has 6 heteroatoms. The molecule has 1 aromatic carbocycles. The van der Waals surface area contributed by atoms with Crippen molar-refractivity contribution in [3.8, 4) is 11.4 Å². The van der Waals surface area contributed by atoms with Crippen LogP contribution in [-0.4, -0.2) is 28.0 Å². The fourth-order valence-corrected chi connectivity index (χ4v) is 1.56. The van der Waals surface area contributed by atoms with Crippen LogP contribution in [0.5, 0.6) is 5.75 Å². The lowest BCUT2D eigenvalue weighted by Crippen LogP contribution is -2.23. The quantitative estimate of drug-likeness (QED) is 0.816.